The Balaban J connectivity index is 2.01. The Morgan fingerprint density at radius 2 is 1.08 bits per heavy atom. The van der Waals surface area contributed by atoms with E-state index in [0.717, 1.165) is 42.5 Å². The monoisotopic (exact) mass is 472 g/mol. The zero-order valence-corrected chi connectivity index (χ0v) is 16.8. The van der Waals surface area contributed by atoms with Gasteiger partial charge in [0.25, 0.3) is 0 Å². The molecular formula is C20H11Br2ClN2. The average Bonchev–Trinajstić information content (AvgIpc) is 2.62. The van der Waals surface area contributed by atoms with Crippen molar-refractivity contribution in [2.75, 3.05) is 0 Å². The molecule has 0 spiro atoms. The van der Waals surface area contributed by atoms with Gasteiger partial charge in [0, 0.05) is 25.1 Å². The third-order valence-electron chi connectivity index (χ3n) is 3.86. The van der Waals surface area contributed by atoms with Gasteiger partial charge in [0.2, 0.25) is 0 Å². The molecule has 4 rings (SSSR count). The molecule has 0 saturated heterocycles. The van der Waals surface area contributed by atoms with Crippen LogP contribution in [0.25, 0.3) is 33.5 Å². The fraction of sp³-hybridized carbons (Fsp3) is 0. The molecule has 25 heavy (non-hydrogen) atoms. The van der Waals surface area contributed by atoms with Gasteiger partial charge >= 0.3 is 0 Å². The first-order chi connectivity index (χ1) is 12.1. The maximum absolute atomic E-state index is 6.13. The van der Waals surface area contributed by atoms with E-state index in [2.05, 4.69) is 31.9 Å². The minimum Gasteiger partial charge on any atom is -0.244 e. The van der Waals surface area contributed by atoms with E-state index in [4.69, 9.17) is 21.6 Å². The molecule has 0 atom stereocenters. The van der Waals surface area contributed by atoms with Gasteiger partial charge in [-0.05, 0) is 42.5 Å². The zero-order chi connectivity index (χ0) is 17.4. The molecule has 0 radical (unpaired) electrons. The van der Waals surface area contributed by atoms with Crippen LogP contribution in [0.1, 0.15) is 0 Å². The van der Waals surface area contributed by atoms with Crippen LogP contribution in [0.3, 0.4) is 0 Å². The van der Waals surface area contributed by atoms with Gasteiger partial charge in [0.1, 0.15) is 0 Å². The molecule has 0 bridgehead atoms. The molecule has 122 valence electrons. The van der Waals surface area contributed by atoms with Crippen LogP contribution in [0, 0.1) is 0 Å². The fourth-order valence-electron chi connectivity index (χ4n) is 2.65. The smallest absolute Gasteiger partial charge is 0.0973 e. The van der Waals surface area contributed by atoms with Crippen LogP contribution in [0.15, 0.2) is 75.7 Å². The lowest BCUT2D eigenvalue weighted by Crippen LogP contribution is -1.95. The summed E-state index contributed by atoms with van der Waals surface area (Å²) < 4.78 is 2.06. The highest BCUT2D eigenvalue weighted by Gasteiger charge is 2.13. The summed E-state index contributed by atoms with van der Waals surface area (Å²) in [7, 11) is 0. The Hall–Kier alpha value is -1.75. The summed E-state index contributed by atoms with van der Waals surface area (Å²) in [4.78, 5) is 9.73. The summed E-state index contributed by atoms with van der Waals surface area (Å²) >= 11 is 13.1. The standard InChI is InChI=1S/C20H11Br2ClN2/c21-14-5-1-12(2-6-14)19-20(13-3-7-15(22)8-4-13)25-18-11-16(23)9-10-17(18)24-19/h1-11H. The Labute approximate surface area is 167 Å². The van der Waals surface area contributed by atoms with Crippen molar-refractivity contribution < 1.29 is 0 Å². The van der Waals surface area contributed by atoms with E-state index < -0.39 is 0 Å². The SMILES string of the molecule is Clc1ccc2nc(-c3ccc(Br)cc3)c(-c3ccc(Br)cc3)nc2c1. The quantitative estimate of drug-likeness (QED) is 0.309. The normalized spacial score (nSPS) is 11.0. The van der Waals surface area contributed by atoms with Crippen LogP contribution in [-0.2, 0) is 0 Å². The topological polar surface area (TPSA) is 25.8 Å². The van der Waals surface area contributed by atoms with Crippen LogP contribution >= 0.6 is 43.5 Å². The number of hydrogen-bond acceptors (Lipinski definition) is 2. The van der Waals surface area contributed by atoms with Crippen molar-refractivity contribution in [2.24, 2.45) is 0 Å². The van der Waals surface area contributed by atoms with Crippen LogP contribution in [0.4, 0.5) is 0 Å². The Kier molecular flexibility index (Phi) is 4.59. The van der Waals surface area contributed by atoms with Gasteiger partial charge in [-0.3, -0.25) is 0 Å². The van der Waals surface area contributed by atoms with E-state index in [9.17, 15) is 0 Å². The van der Waals surface area contributed by atoms with Gasteiger partial charge in [-0.2, -0.15) is 0 Å². The Bertz CT molecular complexity index is 1060. The van der Waals surface area contributed by atoms with E-state index in [0.29, 0.717) is 5.02 Å². The number of rotatable bonds is 2. The maximum Gasteiger partial charge on any atom is 0.0973 e. The number of benzene rings is 3. The van der Waals surface area contributed by atoms with E-state index in [1.165, 1.54) is 0 Å². The van der Waals surface area contributed by atoms with Gasteiger partial charge in [0.05, 0.1) is 22.4 Å². The van der Waals surface area contributed by atoms with E-state index in [1.54, 1.807) is 0 Å². The third kappa shape index (κ3) is 3.47. The Morgan fingerprint density at radius 1 is 0.600 bits per heavy atom. The molecule has 1 aromatic heterocycles. The molecule has 0 aliphatic carbocycles. The molecule has 0 aliphatic heterocycles. The number of aromatic nitrogens is 2. The molecule has 1 heterocycles. The summed E-state index contributed by atoms with van der Waals surface area (Å²) in [5.74, 6) is 0. The molecule has 0 N–H and O–H groups in total. The van der Waals surface area contributed by atoms with Crippen molar-refractivity contribution in [2.45, 2.75) is 0 Å². The summed E-state index contributed by atoms with van der Waals surface area (Å²) in [6.45, 7) is 0. The number of halogens is 3. The van der Waals surface area contributed by atoms with Crippen molar-refractivity contribution >= 4 is 54.5 Å². The summed E-state index contributed by atoms with van der Waals surface area (Å²) in [5, 5.41) is 0.653. The second-order valence-corrected chi connectivity index (χ2v) is 7.84. The molecule has 3 aromatic carbocycles. The number of hydrogen-bond donors (Lipinski definition) is 0. The van der Waals surface area contributed by atoms with Gasteiger partial charge < -0.3 is 0 Å². The average molecular weight is 475 g/mol. The first-order valence-electron chi connectivity index (χ1n) is 7.59. The van der Waals surface area contributed by atoms with Gasteiger partial charge in [-0.1, -0.05) is 67.7 Å². The highest BCUT2D eigenvalue weighted by Crippen LogP contribution is 2.32. The van der Waals surface area contributed by atoms with E-state index in [1.807, 2.05) is 66.7 Å². The van der Waals surface area contributed by atoms with Crippen LogP contribution < -0.4 is 0 Å². The summed E-state index contributed by atoms with van der Waals surface area (Å²) in [6, 6.07) is 21.8. The molecule has 0 amide bonds. The zero-order valence-electron chi connectivity index (χ0n) is 12.9. The van der Waals surface area contributed by atoms with Crippen molar-refractivity contribution in [3.8, 4) is 22.5 Å². The van der Waals surface area contributed by atoms with Gasteiger partial charge in [-0.25, -0.2) is 9.97 Å². The van der Waals surface area contributed by atoms with E-state index >= 15 is 0 Å². The maximum atomic E-state index is 6.13. The molecule has 2 nitrogen and oxygen atoms in total. The van der Waals surface area contributed by atoms with Crippen molar-refractivity contribution in [1.82, 2.24) is 9.97 Å². The first-order valence-corrected chi connectivity index (χ1v) is 9.56. The molecule has 4 aromatic rings. The van der Waals surface area contributed by atoms with Crippen molar-refractivity contribution in [1.29, 1.82) is 0 Å². The van der Waals surface area contributed by atoms with Crippen LogP contribution in [0.2, 0.25) is 5.02 Å². The minimum atomic E-state index is 0.653. The lowest BCUT2D eigenvalue weighted by Gasteiger charge is -2.11. The summed E-state index contributed by atoms with van der Waals surface area (Å²) in [5.41, 5.74) is 5.32. The predicted molar refractivity (Wildman–Crippen MR) is 111 cm³/mol. The molecule has 0 fully saturated rings. The highest BCUT2D eigenvalue weighted by atomic mass is 79.9. The second kappa shape index (κ2) is 6.87. The third-order valence-corrected chi connectivity index (χ3v) is 5.15. The highest BCUT2D eigenvalue weighted by molar-refractivity contribution is 9.10. The minimum absolute atomic E-state index is 0.653. The number of fused-ring (bicyclic) bond motifs is 1. The molecule has 0 saturated carbocycles. The van der Waals surface area contributed by atoms with Crippen molar-refractivity contribution in [3.63, 3.8) is 0 Å². The second-order valence-electron chi connectivity index (χ2n) is 5.57. The molecular weight excluding hydrogens is 463 g/mol. The molecule has 0 aliphatic rings. The van der Waals surface area contributed by atoms with Crippen LogP contribution in [-0.4, -0.2) is 9.97 Å². The largest absolute Gasteiger partial charge is 0.244 e. The van der Waals surface area contributed by atoms with E-state index in [-0.39, 0.29) is 0 Å². The lowest BCUT2D eigenvalue weighted by molar-refractivity contribution is 1.29. The van der Waals surface area contributed by atoms with Gasteiger partial charge in [-0.15, -0.1) is 0 Å². The molecule has 0 unspecified atom stereocenters. The fourth-order valence-corrected chi connectivity index (χ4v) is 3.34. The summed E-state index contributed by atoms with van der Waals surface area (Å²) in [6.07, 6.45) is 0. The lowest BCUT2D eigenvalue weighted by atomic mass is 10.0. The van der Waals surface area contributed by atoms with Crippen LogP contribution in [0.5, 0.6) is 0 Å². The first kappa shape index (κ1) is 16.7. The molecule has 5 heteroatoms. The number of nitrogens with zero attached hydrogens (tertiary/aromatic N) is 2. The Morgan fingerprint density at radius 3 is 1.60 bits per heavy atom. The predicted octanol–water partition coefficient (Wildman–Crippen LogP) is 7.14. The van der Waals surface area contributed by atoms with Gasteiger partial charge in [0.15, 0.2) is 0 Å². The van der Waals surface area contributed by atoms with Crippen molar-refractivity contribution in [3.05, 3.63) is 80.7 Å².